The molecule has 0 aliphatic heterocycles. The van der Waals surface area contributed by atoms with Gasteiger partial charge in [-0.2, -0.15) is 15.0 Å². The van der Waals surface area contributed by atoms with Crippen molar-refractivity contribution in [2.75, 3.05) is 0 Å². The van der Waals surface area contributed by atoms with Gasteiger partial charge in [-0.05, 0) is 36.2 Å². The zero-order chi connectivity index (χ0) is 24.8. The minimum Gasteiger partial charge on any atom is -0.545 e. The molecule has 0 unspecified atom stereocenters. The van der Waals surface area contributed by atoms with E-state index in [1.165, 1.54) is 10.8 Å². The van der Waals surface area contributed by atoms with E-state index in [4.69, 9.17) is 0 Å². The average Bonchev–Trinajstić information content (AvgIpc) is 3.43. The fourth-order valence-electron chi connectivity index (χ4n) is 3.31. The van der Waals surface area contributed by atoms with E-state index in [1.54, 1.807) is 6.92 Å². The number of benzene rings is 1. The first-order chi connectivity index (χ1) is 16.0. The summed E-state index contributed by atoms with van der Waals surface area (Å²) >= 11 is 0. The molecule has 0 radical (unpaired) electrons. The summed E-state index contributed by atoms with van der Waals surface area (Å²) < 4.78 is 2.58. The van der Waals surface area contributed by atoms with Crippen LogP contribution in [0.15, 0.2) is 34.6 Å². The van der Waals surface area contributed by atoms with Crippen molar-refractivity contribution in [3.05, 3.63) is 52.6 Å². The molecule has 1 aromatic carbocycles. The minimum atomic E-state index is -1.59. The van der Waals surface area contributed by atoms with Gasteiger partial charge >= 0.3 is 103 Å². The van der Waals surface area contributed by atoms with Crippen molar-refractivity contribution in [3.8, 4) is 11.8 Å². The monoisotopic (exact) mass is 537 g/mol. The molecule has 4 rings (SSSR count). The first-order valence-electron chi connectivity index (χ1n) is 9.93. The van der Waals surface area contributed by atoms with E-state index in [1.807, 2.05) is 26.8 Å². The molecule has 0 bridgehead atoms. The van der Waals surface area contributed by atoms with Gasteiger partial charge in [0, 0.05) is 5.41 Å². The van der Waals surface area contributed by atoms with Gasteiger partial charge in [-0.25, -0.2) is 9.67 Å². The van der Waals surface area contributed by atoms with Crippen LogP contribution < -0.4 is 113 Å². The molecule has 0 aliphatic carbocycles. The molecule has 15 heteroatoms. The van der Waals surface area contributed by atoms with Gasteiger partial charge in [0.25, 0.3) is 0 Å². The van der Waals surface area contributed by atoms with Crippen molar-refractivity contribution in [1.82, 2.24) is 29.6 Å². The van der Waals surface area contributed by atoms with Gasteiger partial charge < -0.3 is 19.8 Å². The summed E-state index contributed by atoms with van der Waals surface area (Å²) in [7, 11) is 0. The van der Waals surface area contributed by atoms with Crippen LogP contribution in [0, 0.1) is 18.3 Å². The summed E-state index contributed by atoms with van der Waals surface area (Å²) in [4.78, 5) is 27.1. The number of nitrogens with one attached hydrogen (secondary N) is 1. The maximum atomic E-state index is 11.4. The number of carbonyl (C=O) groups is 2. The van der Waals surface area contributed by atoms with E-state index in [9.17, 15) is 25.1 Å². The van der Waals surface area contributed by atoms with Crippen molar-refractivity contribution in [2.45, 2.75) is 33.1 Å². The first-order valence-corrected chi connectivity index (χ1v) is 9.93. The third-order valence-corrected chi connectivity index (χ3v) is 4.87. The summed E-state index contributed by atoms with van der Waals surface area (Å²) in [5, 5.41) is 52.3. The van der Waals surface area contributed by atoms with Gasteiger partial charge in [-0.15, -0.1) is 15.3 Å². The fraction of sp³-hybridized carbons (Fsp3) is 0.238. The number of nitrogens with zero attached hydrogens (tertiary/aromatic N) is 8. The number of hydrogen-bond donors (Lipinski definition) is 1. The Balaban J connectivity index is 0.00000228. The Bertz CT molecular complexity index is 1500. The number of carboxylic acids is 2. The quantitative estimate of drug-likeness (QED) is 0.193. The molecule has 3 aromatic heterocycles. The van der Waals surface area contributed by atoms with Crippen LogP contribution in [0.2, 0.25) is 0 Å². The Morgan fingerprint density at radius 2 is 1.69 bits per heavy atom. The van der Waals surface area contributed by atoms with Crippen LogP contribution in [0.25, 0.3) is 11.3 Å². The number of fused-ring (bicyclic) bond motifs is 1. The fourth-order valence-corrected chi connectivity index (χ4v) is 3.31. The number of aromatic carboxylic acids is 2. The van der Waals surface area contributed by atoms with E-state index >= 15 is 0 Å². The van der Waals surface area contributed by atoms with Crippen LogP contribution >= 0.6 is 0 Å². The second kappa shape index (κ2) is 11.9. The average molecular weight is 538 g/mol. The number of aromatic amines is 1. The maximum Gasteiger partial charge on any atom is 1.00 e. The number of carbonyl (C=O) groups excluding carboxylic acids is 2. The SMILES string of the molecule is Cc1nc2c(N=Nc3c(C#N)cnn3-c3cc(C(=O)[O-])cc(C(=O)[O-])c3)c(C(C)(C)C)[nH]n2n1.[K+].[K+]. The molecule has 4 aromatic rings. The number of H-pyrrole nitrogens is 1. The predicted octanol–water partition coefficient (Wildman–Crippen LogP) is -5.13. The zero-order valence-electron chi connectivity index (χ0n) is 20.5. The smallest absolute Gasteiger partial charge is 0.545 e. The van der Waals surface area contributed by atoms with E-state index in [2.05, 4.69) is 30.5 Å². The summed E-state index contributed by atoms with van der Waals surface area (Å²) in [6, 6.07) is 5.14. The molecule has 3 heterocycles. The van der Waals surface area contributed by atoms with Crippen LogP contribution in [0.3, 0.4) is 0 Å². The normalized spacial score (nSPS) is 11.2. The number of nitriles is 1. The van der Waals surface area contributed by atoms with Crippen molar-refractivity contribution in [2.24, 2.45) is 10.2 Å². The predicted molar refractivity (Wildman–Crippen MR) is 112 cm³/mol. The largest absolute Gasteiger partial charge is 1.00 e. The second-order valence-electron chi connectivity index (χ2n) is 8.43. The summed E-state index contributed by atoms with van der Waals surface area (Å²) in [5.74, 6) is -2.71. The second-order valence-corrected chi connectivity index (χ2v) is 8.43. The number of rotatable bonds is 5. The summed E-state index contributed by atoms with van der Waals surface area (Å²) in [5.41, 5.74) is 0.357. The molecule has 0 atom stereocenters. The number of aryl methyl sites for hydroxylation is 1. The van der Waals surface area contributed by atoms with Gasteiger partial charge in [-0.3, -0.25) is 5.10 Å². The molecule has 0 saturated heterocycles. The van der Waals surface area contributed by atoms with Crippen LogP contribution in [0.5, 0.6) is 0 Å². The third-order valence-electron chi connectivity index (χ3n) is 4.87. The topological polar surface area (TPSA) is 193 Å². The Morgan fingerprint density at radius 1 is 1.08 bits per heavy atom. The maximum absolute atomic E-state index is 11.4. The Hall–Kier alpha value is -1.59. The molecule has 0 aliphatic rings. The van der Waals surface area contributed by atoms with Gasteiger partial charge in [0.15, 0.2) is 11.5 Å². The Kier molecular flexibility index (Phi) is 10.1. The van der Waals surface area contributed by atoms with Crippen LogP contribution in [-0.4, -0.2) is 41.5 Å². The van der Waals surface area contributed by atoms with Crippen LogP contribution in [-0.2, 0) is 5.41 Å². The molecule has 0 spiro atoms. The standard InChI is InChI=1S/C21H19N9O4.2K/c1-10-24-18-15(16(21(2,3)4)28-30(18)27-10)25-26-17-13(8-22)9-23-29(17)14-6-11(19(31)32)5-12(7-14)20(33)34;;/h5-7,9,28H,1-4H3,(H,31,32)(H,33,34);;/q;2*+1/p-2. The van der Waals surface area contributed by atoms with E-state index in [-0.39, 0.29) is 125 Å². The zero-order valence-corrected chi connectivity index (χ0v) is 26.8. The molecule has 0 fully saturated rings. The summed E-state index contributed by atoms with van der Waals surface area (Å²) in [6.07, 6.45) is 1.21. The molecule has 36 heavy (non-hydrogen) atoms. The Labute approximate surface area is 289 Å². The minimum absolute atomic E-state index is 0. The first kappa shape index (κ1) is 30.6. The van der Waals surface area contributed by atoms with Crippen LogP contribution in [0.4, 0.5) is 11.5 Å². The molecule has 172 valence electrons. The number of aromatic nitrogens is 6. The number of carboxylic acid groups (broad SMARTS) is 2. The van der Waals surface area contributed by atoms with Gasteiger partial charge in [0.05, 0.1) is 29.5 Å². The van der Waals surface area contributed by atoms with Crippen molar-refractivity contribution in [3.63, 3.8) is 0 Å². The third kappa shape index (κ3) is 6.10. The molecule has 0 amide bonds. The van der Waals surface area contributed by atoms with Crippen molar-refractivity contribution in [1.29, 1.82) is 5.26 Å². The molecule has 1 N–H and O–H groups in total. The van der Waals surface area contributed by atoms with E-state index in [0.717, 1.165) is 22.9 Å². The molecule has 0 saturated carbocycles. The number of azo groups is 1. The number of hydrogen-bond acceptors (Lipinski definition) is 10. The molecular weight excluding hydrogens is 520 g/mol. The molecule has 13 nitrogen and oxygen atoms in total. The van der Waals surface area contributed by atoms with Crippen molar-refractivity contribution < 1.29 is 123 Å². The van der Waals surface area contributed by atoms with E-state index < -0.39 is 23.1 Å². The van der Waals surface area contributed by atoms with E-state index in [0.29, 0.717) is 22.9 Å². The summed E-state index contributed by atoms with van der Waals surface area (Å²) in [6.45, 7) is 7.60. The van der Waals surface area contributed by atoms with Gasteiger partial charge in [0.2, 0.25) is 5.65 Å². The van der Waals surface area contributed by atoms with Gasteiger partial charge in [-0.1, -0.05) is 20.8 Å². The Morgan fingerprint density at radius 3 is 2.22 bits per heavy atom. The van der Waals surface area contributed by atoms with Gasteiger partial charge in [0.1, 0.15) is 17.5 Å². The van der Waals surface area contributed by atoms with Crippen LogP contribution in [0.1, 0.15) is 58.6 Å². The molecular formula is C21H17K2N9O4. The van der Waals surface area contributed by atoms with Crippen molar-refractivity contribution >= 4 is 29.1 Å².